The van der Waals surface area contributed by atoms with Crippen LogP contribution in [0, 0.1) is 5.92 Å². The summed E-state index contributed by atoms with van der Waals surface area (Å²) in [7, 11) is 0. The molecule has 0 aromatic heterocycles. The van der Waals surface area contributed by atoms with E-state index in [0.717, 1.165) is 0 Å². The first-order valence-electron chi connectivity index (χ1n) is 3.82. The second-order valence-electron chi connectivity index (χ2n) is 3.56. The molecule has 0 spiro atoms. The molecule has 0 aliphatic rings. The van der Waals surface area contributed by atoms with E-state index in [1.165, 1.54) is 0 Å². The highest BCUT2D eigenvalue weighted by molar-refractivity contribution is 6.30. The topological polar surface area (TPSA) is 20.2 Å². The highest BCUT2D eigenvalue weighted by atomic mass is 35.5. The molecule has 0 aliphatic heterocycles. The van der Waals surface area contributed by atoms with Gasteiger partial charge in [0.25, 0.3) is 0 Å². The van der Waals surface area contributed by atoms with Crippen molar-refractivity contribution in [3.8, 4) is 0 Å². The molecule has 1 nitrogen and oxygen atoms in total. The fourth-order valence-corrected chi connectivity index (χ4v) is 0.994. The van der Waals surface area contributed by atoms with Crippen LogP contribution in [0.3, 0.4) is 0 Å². The van der Waals surface area contributed by atoms with Gasteiger partial charge in [0.1, 0.15) is 0 Å². The minimum Gasteiger partial charge on any atom is -0.393 e. The zero-order chi connectivity index (χ0) is 9.07. The molecule has 2 atom stereocenters. The highest BCUT2D eigenvalue weighted by Gasteiger charge is 2.25. The fraction of sp³-hybridized carbons (Fsp3) is 1.00. The largest absolute Gasteiger partial charge is 0.393 e. The Hall–Kier alpha value is 0.540. The summed E-state index contributed by atoms with van der Waals surface area (Å²) in [6.07, 6.45) is 0.201. The van der Waals surface area contributed by atoms with Gasteiger partial charge in [-0.15, -0.1) is 23.2 Å². The van der Waals surface area contributed by atoms with Crippen molar-refractivity contribution in [2.45, 2.75) is 38.2 Å². The quantitative estimate of drug-likeness (QED) is 0.690. The van der Waals surface area contributed by atoms with Crippen LogP contribution in [0.2, 0.25) is 0 Å². The Labute approximate surface area is 78.7 Å². The van der Waals surface area contributed by atoms with E-state index < -0.39 is 4.87 Å². The van der Waals surface area contributed by atoms with Crippen molar-refractivity contribution in [2.24, 2.45) is 5.92 Å². The normalized spacial score (nSPS) is 19.9. The van der Waals surface area contributed by atoms with Crippen LogP contribution < -0.4 is 0 Å². The lowest BCUT2D eigenvalue weighted by atomic mass is 9.97. The lowest BCUT2D eigenvalue weighted by Gasteiger charge is -2.24. The maximum absolute atomic E-state index is 9.45. The van der Waals surface area contributed by atoms with Gasteiger partial charge in [0.15, 0.2) is 0 Å². The van der Waals surface area contributed by atoms with Crippen molar-refractivity contribution < 1.29 is 5.11 Å². The van der Waals surface area contributed by atoms with Gasteiger partial charge >= 0.3 is 0 Å². The molecule has 0 radical (unpaired) electrons. The zero-order valence-corrected chi connectivity index (χ0v) is 8.78. The summed E-state index contributed by atoms with van der Waals surface area (Å²) in [5, 5.41) is 9.45. The average Bonchev–Trinajstić information content (AvgIpc) is 1.87. The van der Waals surface area contributed by atoms with E-state index >= 15 is 0 Å². The van der Waals surface area contributed by atoms with Crippen molar-refractivity contribution >= 4 is 23.2 Å². The molecule has 0 fully saturated rings. The van der Waals surface area contributed by atoms with Gasteiger partial charge < -0.3 is 5.11 Å². The lowest BCUT2D eigenvalue weighted by Crippen LogP contribution is -2.28. The third-order valence-electron chi connectivity index (χ3n) is 1.68. The molecule has 0 bridgehead atoms. The Bertz CT molecular complexity index is 113. The van der Waals surface area contributed by atoms with E-state index in [9.17, 15) is 5.11 Å². The molecule has 0 saturated heterocycles. The van der Waals surface area contributed by atoms with Gasteiger partial charge in [0.05, 0.1) is 11.0 Å². The Kier molecular flexibility index (Phi) is 4.76. The van der Waals surface area contributed by atoms with Gasteiger partial charge in [-0.05, 0) is 19.3 Å². The van der Waals surface area contributed by atoms with Crippen molar-refractivity contribution in [1.29, 1.82) is 0 Å². The Morgan fingerprint density at radius 1 is 1.45 bits per heavy atom. The molecule has 1 N–H and O–H groups in total. The molecule has 0 amide bonds. The number of halogens is 2. The Morgan fingerprint density at radius 3 is 2.18 bits per heavy atom. The molecular formula is C8H16Cl2O. The standard InChI is InChI=1S/C8H16Cl2O/c1-6(2)7(11)4-8(3,10)5-9/h6-7,11H,4-5H2,1-3H3. The average molecular weight is 199 g/mol. The van der Waals surface area contributed by atoms with Gasteiger partial charge in [-0.25, -0.2) is 0 Å². The van der Waals surface area contributed by atoms with Crippen molar-refractivity contribution in [1.82, 2.24) is 0 Å². The fourth-order valence-electron chi connectivity index (χ4n) is 0.726. The first-order chi connectivity index (χ1) is 4.89. The molecule has 0 aliphatic carbocycles. The van der Waals surface area contributed by atoms with E-state index in [2.05, 4.69) is 0 Å². The zero-order valence-electron chi connectivity index (χ0n) is 7.27. The van der Waals surface area contributed by atoms with Crippen LogP contribution in [-0.2, 0) is 0 Å². The molecule has 0 aromatic rings. The van der Waals surface area contributed by atoms with Crippen LogP contribution in [-0.4, -0.2) is 22.0 Å². The molecule has 3 heteroatoms. The summed E-state index contributed by atoms with van der Waals surface area (Å²) >= 11 is 11.6. The molecule has 2 unspecified atom stereocenters. The van der Waals surface area contributed by atoms with Gasteiger partial charge in [-0.3, -0.25) is 0 Å². The molecule has 0 rings (SSSR count). The first kappa shape index (κ1) is 11.5. The van der Waals surface area contributed by atoms with E-state index in [4.69, 9.17) is 23.2 Å². The number of hydrogen-bond donors (Lipinski definition) is 1. The molecule has 11 heavy (non-hydrogen) atoms. The molecule has 0 heterocycles. The van der Waals surface area contributed by atoms with Gasteiger partial charge in [0.2, 0.25) is 0 Å². The molecule has 0 aromatic carbocycles. The number of aliphatic hydroxyl groups excluding tert-OH is 1. The second-order valence-corrected chi connectivity index (χ2v) is 4.74. The Balaban J connectivity index is 3.83. The number of rotatable bonds is 4. The minimum atomic E-state index is -0.467. The number of hydrogen-bond acceptors (Lipinski definition) is 1. The monoisotopic (exact) mass is 198 g/mol. The van der Waals surface area contributed by atoms with E-state index in [1.54, 1.807) is 0 Å². The predicted molar refractivity (Wildman–Crippen MR) is 50.4 cm³/mol. The summed E-state index contributed by atoms with van der Waals surface area (Å²) in [4.78, 5) is -0.467. The number of aliphatic hydroxyl groups is 1. The van der Waals surface area contributed by atoms with Gasteiger partial charge in [-0.2, -0.15) is 0 Å². The minimum absolute atomic E-state index is 0.247. The summed E-state index contributed by atoms with van der Waals surface area (Å²) < 4.78 is 0. The maximum Gasteiger partial charge on any atom is 0.0580 e. The SMILES string of the molecule is CC(C)C(O)CC(C)(Cl)CCl. The second kappa shape index (κ2) is 4.54. The predicted octanol–water partition coefficient (Wildman–Crippen LogP) is 2.63. The van der Waals surface area contributed by atoms with Gasteiger partial charge in [-0.1, -0.05) is 13.8 Å². The van der Waals surface area contributed by atoms with Crippen LogP contribution >= 0.6 is 23.2 Å². The smallest absolute Gasteiger partial charge is 0.0580 e. The van der Waals surface area contributed by atoms with E-state index in [1.807, 2.05) is 20.8 Å². The summed E-state index contributed by atoms with van der Waals surface area (Å²) in [6.45, 7) is 5.77. The van der Waals surface area contributed by atoms with Crippen molar-refractivity contribution in [2.75, 3.05) is 5.88 Å². The van der Waals surface area contributed by atoms with E-state index in [-0.39, 0.29) is 12.0 Å². The van der Waals surface area contributed by atoms with Crippen LogP contribution in [0.5, 0.6) is 0 Å². The van der Waals surface area contributed by atoms with E-state index in [0.29, 0.717) is 12.3 Å². The van der Waals surface area contributed by atoms with Crippen LogP contribution in [0.15, 0.2) is 0 Å². The van der Waals surface area contributed by atoms with Gasteiger partial charge in [0, 0.05) is 5.88 Å². The van der Waals surface area contributed by atoms with Crippen LogP contribution in [0.1, 0.15) is 27.2 Å². The molecule has 68 valence electrons. The third kappa shape index (κ3) is 4.89. The van der Waals surface area contributed by atoms with Crippen LogP contribution in [0.25, 0.3) is 0 Å². The molecular weight excluding hydrogens is 183 g/mol. The number of alkyl halides is 2. The molecule has 0 saturated carbocycles. The first-order valence-corrected chi connectivity index (χ1v) is 4.73. The Morgan fingerprint density at radius 2 is 1.91 bits per heavy atom. The maximum atomic E-state index is 9.45. The lowest BCUT2D eigenvalue weighted by molar-refractivity contribution is 0.107. The highest BCUT2D eigenvalue weighted by Crippen LogP contribution is 2.24. The summed E-state index contributed by atoms with van der Waals surface area (Å²) in [6, 6.07) is 0. The van der Waals surface area contributed by atoms with Crippen molar-refractivity contribution in [3.05, 3.63) is 0 Å². The van der Waals surface area contributed by atoms with Crippen molar-refractivity contribution in [3.63, 3.8) is 0 Å². The van der Waals surface area contributed by atoms with Crippen LogP contribution in [0.4, 0.5) is 0 Å². The summed E-state index contributed by atoms with van der Waals surface area (Å²) in [5.74, 6) is 0.620. The summed E-state index contributed by atoms with van der Waals surface area (Å²) in [5.41, 5.74) is 0. The third-order valence-corrected chi connectivity index (χ3v) is 2.70.